The lowest BCUT2D eigenvalue weighted by atomic mass is 10.0. The second-order valence-electron chi connectivity index (χ2n) is 8.77. The molecule has 0 amide bonds. The van der Waals surface area contributed by atoms with Gasteiger partial charge in [0.1, 0.15) is 0 Å². The molecule has 0 atom stereocenters. The Hall–Kier alpha value is -0.0100. The smallest absolute Gasteiger partial charge is 0.0157 e. The van der Waals surface area contributed by atoms with Crippen LogP contribution in [-0.2, 0) is 0 Å². The molecule has 0 radical (unpaired) electrons. The number of likely N-dealkylation sites (N-methyl/N-ethyl adjacent to an activating group) is 1. The minimum Gasteiger partial charge on any atom is -0.303 e. The first-order valence-corrected chi connectivity index (χ1v) is 12.6. The van der Waals surface area contributed by atoms with Crippen LogP contribution in [0.3, 0.4) is 0 Å². The predicted octanol–water partition coefficient (Wildman–Crippen LogP) is 9.35. The third-order valence-electron chi connectivity index (χ3n) is 5.83. The molecular weight excluding hydrogens is 362 g/mol. The van der Waals surface area contributed by atoms with Gasteiger partial charge in [0.2, 0.25) is 0 Å². The van der Waals surface area contributed by atoms with Crippen LogP contribution in [-0.4, -0.2) is 25.0 Å². The van der Waals surface area contributed by atoms with E-state index in [2.05, 4.69) is 25.5 Å². The fourth-order valence-corrected chi connectivity index (χ4v) is 3.95. The first kappa shape index (κ1) is 30.2. The van der Waals surface area contributed by atoms with E-state index in [1.807, 2.05) is 6.08 Å². The Labute approximate surface area is 185 Å². The molecule has 0 heterocycles. The van der Waals surface area contributed by atoms with Gasteiger partial charge in [-0.1, -0.05) is 135 Å². The lowest BCUT2D eigenvalue weighted by Crippen LogP contribution is -2.19. The normalized spacial score (nSPS) is 11.0. The number of halogens is 1. The van der Waals surface area contributed by atoms with E-state index in [0.717, 1.165) is 6.54 Å². The van der Waals surface area contributed by atoms with E-state index < -0.39 is 0 Å². The third kappa shape index (κ3) is 26.0. The molecule has 0 aliphatic carbocycles. The predicted molar refractivity (Wildman–Crippen MR) is 133 cm³/mol. The summed E-state index contributed by atoms with van der Waals surface area (Å²) in [4.78, 5) is 2.36. The van der Waals surface area contributed by atoms with Crippen molar-refractivity contribution in [2.45, 2.75) is 135 Å². The molecule has 0 aromatic rings. The Morgan fingerprint density at radius 1 is 0.536 bits per heavy atom. The minimum atomic E-state index is 0. The van der Waals surface area contributed by atoms with Crippen molar-refractivity contribution in [3.8, 4) is 0 Å². The van der Waals surface area contributed by atoms with Gasteiger partial charge >= 0.3 is 0 Å². The molecule has 0 aliphatic heterocycles. The average molecular weight is 416 g/mol. The van der Waals surface area contributed by atoms with Crippen LogP contribution < -0.4 is 0 Å². The first-order valence-electron chi connectivity index (χ1n) is 12.6. The molecule has 0 N–H and O–H groups in total. The molecular formula is C26H54ClN. The van der Waals surface area contributed by atoms with Gasteiger partial charge < -0.3 is 4.90 Å². The summed E-state index contributed by atoms with van der Waals surface area (Å²) >= 11 is 0. The van der Waals surface area contributed by atoms with Gasteiger partial charge in [-0.25, -0.2) is 0 Å². The SMILES string of the molecule is C=CCN(C)CCCCCCCCCCCCCCCCCCCCCC.Cl. The highest BCUT2D eigenvalue weighted by Crippen LogP contribution is 2.14. The van der Waals surface area contributed by atoms with Crippen LogP contribution in [0.4, 0.5) is 0 Å². The molecule has 1 nitrogen and oxygen atoms in total. The van der Waals surface area contributed by atoms with Crippen LogP contribution in [0.25, 0.3) is 0 Å². The number of nitrogens with zero attached hydrogens (tertiary/aromatic N) is 1. The summed E-state index contributed by atoms with van der Waals surface area (Å²) in [5, 5.41) is 0. The van der Waals surface area contributed by atoms with Crippen LogP contribution >= 0.6 is 12.4 Å². The zero-order valence-corrected chi connectivity index (χ0v) is 20.5. The highest BCUT2D eigenvalue weighted by atomic mass is 35.5. The molecule has 0 aromatic carbocycles. The standard InChI is InChI=1S/C26H53N.ClH/c1-4-6-7-8-9-10-11-12-13-14-15-16-17-18-19-20-21-22-23-24-26-27(3)25-5-2;/h5H,2,4,6-26H2,1,3H3;1H. The molecule has 0 unspecified atom stereocenters. The van der Waals surface area contributed by atoms with E-state index in [4.69, 9.17) is 0 Å². The van der Waals surface area contributed by atoms with Crippen molar-refractivity contribution in [1.82, 2.24) is 4.90 Å². The lowest BCUT2D eigenvalue weighted by molar-refractivity contribution is 0.356. The molecule has 0 rings (SSSR count). The molecule has 0 bridgehead atoms. The summed E-state index contributed by atoms with van der Waals surface area (Å²) in [6.07, 6.45) is 31.1. The van der Waals surface area contributed by atoms with Crippen molar-refractivity contribution in [2.75, 3.05) is 20.1 Å². The highest BCUT2D eigenvalue weighted by molar-refractivity contribution is 5.85. The topological polar surface area (TPSA) is 3.24 Å². The van der Waals surface area contributed by atoms with Crippen LogP contribution in [0, 0.1) is 0 Å². The third-order valence-corrected chi connectivity index (χ3v) is 5.83. The van der Waals surface area contributed by atoms with Gasteiger partial charge in [0.25, 0.3) is 0 Å². The molecule has 0 aromatic heterocycles. The van der Waals surface area contributed by atoms with Crippen LogP contribution in [0.2, 0.25) is 0 Å². The fraction of sp³-hybridized carbons (Fsp3) is 0.923. The number of rotatable bonds is 23. The molecule has 170 valence electrons. The zero-order chi connectivity index (χ0) is 19.8. The maximum atomic E-state index is 3.79. The first-order chi connectivity index (χ1) is 13.3. The van der Waals surface area contributed by atoms with Crippen molar-refractivity contribution in [3.63, 3.8) is 0 Å². The van der Waals surface area contributed by atoms with Gasteiger partial charge in [-0.05, 0) is 20.0 Å². The number of hydrogen-bond donors (Lipinski definition) is 0. The quantitative estimate of drug-likeness (QED) is 0.118. The van der Waals surface area contributed by atoms with Crippen molar-refractivity contribution < 1.29 is 0 Å². The highest BCUT2D eigenvalue weighted by Gasteiger charge is 1.97. The summed E-state index contributed by atoms with van der Waals surface area (Å²) in [6, 6.07) is 0. The van der Waals surface area contributed by atoms with E-state index in [0.29, 0.717) is 0 Å². The largest absolute Gasteiger partial charge is 0.303 e. The maximum Gasteiger partial charge on any atom is 0.0157 e. The minimum absolute atomic E-state index is 0. The molecule has 2 heteroatoms. The van der Waals surface area contributed by atoms with Crippen molar-refractivity contribution in [1.29, 1.82) is 0 Å². The zero-order valence-electron chi connectivity index (χ0n) is 19.7. The van der Waals surface area contributed by atoms with Gasteiger partial charge in [0.05, 0.1) is 0 Å². The summed E-state index contributed by atoms with van der Waals surface area (Å²) in [6.45, 7) is 8.35. The summed E-state index contributed by atoms with van der Waals surface area (Å²) in [7, 11) is 2.19. The number of unbranched alkanes of at least 4 members (excludes halogenated alkanes) is 19. The Kier molecular flexibility index (Phi) is 29.1. The maximum absolute atomic E-state index is 3.79. The fourth-order valence-electron chi connectivity index (χ4n) is 3.95. The second kappa shape index (κ2) is 27.0. The lowest BCUT2D eigenvalue weighted by Gasteiger charge is -2.13. The Morgan fingerprint density at radius 2 is 0.821 bits per heavy atom. The average Bonchev–Trinajstić information content (AvgIpc) is 2.66. The molecule has 0 spiro atoms. The van der Waals surface area contributed by atoms with Crippen molar-refractivity contribution >= 4 is 12.4 Å². The van der Waals surface area contributed by atoms with Gasteiger partial charge in [-0.2, -0.15) is 0 Å². The van der Waals surface area contributed by atoms with E-state index in [1.165, 1.54) is 135 Å². The van der Waals surface area contributed by atoms with E-state index in [9.17, 15) is 0 Å². The Bertz CT molecular complexity index is 280. The van der Waals surface area contributed by atoms with E-state index in [-0.39, 0.29) is 12.4 Å². The summed E-state index contributed by atoms with van der Waals surface area (Å²) in [5.41, 5.74) is 0. The van der Waals surface area contributed by atoms with Crippen molar-refractivity contribution in [2.24, 2.45) is 0 Å². The van der Waals surface area contributed by atoms with Crippen molar-refractivity contribution in [3.05, 3.63) is 12.7 Å². The number of hydrogen-bond acceptors (Lipinski definition) is 1. The van der Waals surface area contributed by atoms with Crippen LogP contribution in [0.1, 0.15) is 135 Å². The Morgan fingerprint density at radius 3 is 1.11 bits per heavy atom. The van der Waals surface area contributed by atoms with E-state index in [1.54, 1.807) is 0 Å². The van der Waals surface area contributed by atoms with Gasteiger partial charge in [-0.15, -0.1) is 19.0 Å². The van der Waals surface area contributed by atoms with Gasteiger partial charge in [0.15, 0.2) is 0 Å². The Balaban J connectivity index is 0. The molecule has 0 fully saturated rings. The molecule has 0 aliphatic rings. The van der Waals surface area contributed by atoms with Gasteiger partial charge in [0, 0.05) is 6.54 Å². The molecule has 28 heavy (non-hydrogen) atoms. The summed E-state index contributed by atoms with van der Waals surface area (Å²) < 4.78 is 0. The van der Waals surface area contributed by atoms with Crippen LogP contribution in [0.15, 0.2) is 12.7 Å². The molecule has 0 saturated carbocycles. The second-order valence-corrected chi connectivity index (χ2v) is 8.77. The molecule has 0 saturated heterocycles. The monoisotopic (exact) mass is 415 g/mol. The van der Waals surface area contributed by atoms with Crippen LogP contribution in [0.5, 0.6) is 0 Å². The van der Waals surface area contributed by atoms with Gasteiger partial charge in [-0.3, -0.25) is 0 Å². The van der Waals surface area contributed by atoms with E-state index >= 15 is 0 Å². The summed E-state index contributed by atoms with van der Waals surface area (Å²) in [5.74, 6) is 0.